The molecule has 0 spiro atoms. The van der Waals surface area contributed by atoms with Crippen LogP contribution in [0.4, 0.5) is 0 Å². The Morgan fingerprint density at radius 1 is 0.814 bits per heavy atom. The van der Waals surface area contributed by atoms with Gasteiger partial charge in [0.2, 0.25) is 0 Å². The van der Waals surface area contributed by atoms with Gasteiger partial charge < -0.3 is 14.7 Å². The summed E-state index contributed by atoms with van der Waals surface area (Å²) in [4.78, 5) is 23.1. The monoisotopic (exact) mass is 611 g/mol. The molecular formula is C34H46NO7P. The molecule has 0 aliphatic heterocycles. The van der Waals surface area contributed by atoms with E-state index in [9.17, 15) is 19.4 Å². The highest BCUT2D eigenvalue weighted by Gasteiger charge is 2.36. The van der Waals surface area contributed by atoms with E-state index in [1.807, 2.05) is 91.0 Å². The number of unbranched alkanes of at least 4 members (excludes halogenated alkanes) is 2. The van der Waals surface area contributed by atoms with Gasteiger partial charge in [-0.2, -0.15) is 0 Å². The molecule has 0 amide bonds. The molecule has 0 heterocycles. The number of rotatable bonds is 20. The molecular weight excluding hydrogens is 565 g/mol. The standard InChI is InChI=1S/C34H46NO7P/c1-3-5-16-28(17-6-4-2)33(37)42-32(26-36)27-41-43(38,39)40-25-24-35-34(29-18-10-7-11-19-29,30-20-12-8-13-21-30)31-22-14-9-15-23-31/h7-15,18-23,28,32,35-36H,3-6,16-17,24-27H2,1-2H3,(H,38,39)/t32-/m0/s1. The highest BCUT2D eigenvalue weighted by Crippen LogP contribution is 2.43. The second-order valence-electron chi connectivity index (χ2n) is 10.6. The highest BCUT2D eigenvalue weighted by molar-refractivity contribution is 7.47. The van der Waals surface area contributed by atoms with E-state index in [1.54, 1.807) is 0 Å². The van der Waals surface area contributed by atoms with Gasteiger partial charge in [0.15, 0.2) is 0 Å². The fraction of sp³-hybridized carbons (Fsp3) is 0.441. The van der Waals surface area contributed by atoms with Crippen molar-refractivity contribution in [3.8, 4) is 0 Å². The number of esters is 1. The fourth-order valence-electron chi connectivity index (χ4n) is 5.15. The first-order valence-electron chi connectivity index (χ1n) is 15.2. The summed E-state index contributed by atoms with van der Waals surface area (Å²) in [6.07, 6.45) is 4.08. The topological polar surface area (TPSA) is 114 Å². The lowest BCUT2D eigenvalue weighted by molar-refractivity contribution is -0.158. The van der Waals surface area contributed by atoms with E-state index in [4.69, 9.17) is 13.8 Å². The number of aliphatic hydroxyl groups excluding tert-OH is 1. The number of phosphoric ester groups is 1. The summed E-state index contributed by atoms with van der Waals surface area (Å²) in [5.41, 5.74) is 2.24. The van der Waals surface area contributed by atoms with Crippen LogP contribution in [0, 0.1) is 5.92 Å². The Morgan fingerprint density at radius 3 is 1.70 bits per heavy atom. The Labute approximate surface area is 256 Å². The number of carbonyl (C=O) groups excluding carboxylic acids is 1. The molecule has 3 rings (SSSR count). The molecule has 0 aliphatic rings. The fourth-order valence-corrected chi connectivity index (χ4v) is 5.90. The van der Waals surface area contributed by atoms with Crippen LogP contribution in [0.3, 0.4) is 0 Å². The van der Waals surface area contributed by atoms with Gasteiger partial charge in [0, 0.05) is 6.54 Å². The maximum absolute atomic E-state index is 12.7. The zero-order chi connectivity index (χ0) is 31.0. The molecule has 0 bridgehead atoms. The van der Waals surface area contributed by atoms with Crippen molar-refractivity contribution in [2.75, 3.05) is 26.4 Å². The summed E-state index contributed by atoms with van der Waals surface area (Å²) >= 11 is 0. The normalized spacial score (nSPS) is 13.9. The maximum Gasteiger partial charge on any atom is 0.472 e. The third-order valence-corrected chi connectivity index (χ3v) is 8.41. The molecule has 9 heteroatoms. The molecule has 0 aromatic heterocycles. The van der Waals surface area contributed by atoms with Gasteiger partial charge in [-0.05, 0) is 29.5 Å². The Kier molecular flexibility index (Phi) is 14.6. The summed E-state index contributed by atoms with van der Waals surface area (Å²) in [5, 5.41) is 13.3. The summed E-state index contributed by atoms with van der Waals surface area (Å²) in [6, 6.07) is 30.0. The third-order valence-electron chi connectivity index (χ3n) is 7.42. The molecule has 0 fully saturated rings. The van der Waals surface area contributed by atoms with Crippen LogP contribution in [0.25, 0.3) is 0 Å². The first-order valence-corrected chi connectivity index (χ1v) is 16.7. The van der Waals surface area contributed by atoms with Crippen LogP contribution in [-0.2, 0) is 28.7 Å². The van der Waals surface area contributed by atoms with Crippen molar-refractivity contribution in [2.45, 2.75) is 64.0 Å². The average Bonchev–Trinajstić information content (AvgIpc) is 3.04. The number of phosphoric acid groups is 1. The molecule has 3 aromatic carbocycles. The van der Waals surface area contributed by atoms with Gasteiger partial charge in [-0.15, -0.1) is 0 Å². The van der Waals surface area contributed by atoms with E-state index in [0.717, 1.165) is 42.4 Å². The third kappa shape index (κ3) is 10.4. The van der Waals surface area contributed by atoms with Crippen LogP contribution >= 0.6 is 7.82 Å². The van der Waals surface area contributed by atoms with E-state index >= 15 is 0 Å². The SMILES string of the molecule is CCCCC(CCCC)C(=O)O[C@@H](CO)COP(=O)(O)OCCNC(c1ccccc1)(c1ccccc1)c1ccccc1. The number of aliphatic hydroxyl groups is 1. The molecule has 2 atom stereocenters. The second-order valence-corrected chi connectivity index (χ2v) is 12.0. The minimum absolute atomic E-state index is 0.137. The minimum atomic E-state index is -4.50. The summed E-state index contributed by atoms with van der Waals surface area (Å²) in [5.74, 6) is -0.683. The van der Waals surface area contributed by atoms with Crippen molar-refractivity contribution in [1.82, 2.24) is 5.32 Å². The quantitative estimate of drug-likeness (QED) is 0.0567. The lowest BCUT2D eigenvalue weighted by atomic mass is 9.77. The van der Waals surface area contributed by atoms with E-state index < -0.39 is 38.6 Å². The maximum atomic E-state index is 12.7. The van der Waals surface area contributed by atoms with Crippen LogP contribution in [-0.4, -0.2) is 48.4 Å². The van der Waals surface area contributed by atoms with E-state index in [-0.39, 0.29) is 19.1 Å². The smallest absolute Gasteiger partial charge is 0.457 e. The predicted octanol–water partition coefficient (Wildman–Crippen LogP) is 6.60. The molecule has 0 radical (unpaired) electrons. The van der Waals surface area contributed by atoms with Crippen LogP contribution in [0.1, 0.15) is 69.1 Å². The van der Waals surface area contributed by atoms with Crippen molar-refractivity contribution in [3.05, 3.63) is 108 Å². The van der Waals surface area contributed by atoms with Gasteiger partial charge in [-0.1, -0.05) is 131 Å². The van der Waals surface area contributed by atoms with Gasteiger partial charge in [-0.3, -0.25) is 19.2 Å². The van der Waals surface area contributed by atoms with Gasteiger partial charge >= 0.3 is 13.8 Å². The average molecular weight is 612 g/mol. The van der Waals surface area contributed by atoms with Crippen molar-refractivity contribution in [1.29, 1.82) is 0 Å². The summed E-state index contributed by atoms with van der Waals surface area (Å²) in [6.45, 7) is 3.20. The molecule has 0 saturated heterocycles. The van der Waals surface area contributed by atoms with Crippen LogP contribution in [0.15, 0.2) is 91.0 Å². The number of carbonyl (C=O) groups is 1. The molecule has 0 saturated carbocycles. The number of hydrogen-bond acceptors (Lipinski definition) is 7. The minimum Gasteiger partial charge on any atom is -0.457 e. The predicted molar refractivity (Wildman–Crippen MR) is 168 cm³/mol. The largest absolute Gasteiger partial charge is 0.472 e. The van der Waals surface area contributed by atoms with E-state index in [0.29, 0.717) is 12.8 Å². The lowest BCUT2D eigenvalue weighted by Gasteiger charge is -2.37. The van der Waals surface area contributed by atoms with Gasteiger partial charge in [0.25, 0.3) is 0 Å². The Morgan fingerprint density at radius 2 is 1.28 bits per heavy atom. The molecule has 3 aromatic rings. The van der Waals surface area contributed by atoms with Crippen LogP contribution in [0.5, 0.6) is 0 Å². The van der Waals surface area contributed by atoms with Crippen molar-refractivity contribution < 1.29 is 33.1 Å². The first kappa shape index (κ1) is 34.6. The molecule has 0 aliphatic carbocycles. The number of nitrogens with one attached hydrogen (secondary N) is 1. The lowest BCUT2D eigenvalue weighted by Crippen LogP contribution is -2.46. The summed E-state index contributed by atoms with van der Waals surface area (Å²) < 4.78 is 28.6. The second kappa shape index (κ2) is 18.1. The van der Waals surface area contributed by atoms with Crippen molar-refractivity contribution >= 4 is 13.8 Å². The van der Waals surface area contributed by atoms with Gasteiger partial charge in [0.1, 0.15) is 6.10 Å². The molecule has 1 unspecified atom stereocenters. The van der Waals surface area contributed by atoms with E-state index in [1.165, 1.54) is 0 Å². The van der Waals surface area contributed by atoms with Gasteiger partial charge in [-0.25, -0.2) is 4.57 Å². The highest BCUT2D eigenvalue weighted by atomic mass is 31.2. The van der Waals surface area contributed by atoms with Crippen LogP contribution in [0.2, 0.25) is 0 Å². The Hall–Kier alpha value is -2.84. The van der Waals surface area contributed by atoms with Crippen molar-refractivity contribution in [2.24, 2.45) is 5.92 Å². The van der Waals surface area contributed by atoms with Crippen molar-refractivity contribution in [3.63, 3.8) is 0 Å². The zero-order valence-electron chi connectivity index (χ0n) is 25.3. The van der Waals surface area contributed by atoms with Crippen LogP contribution < -0.4 is 5.32 Å². The number of ether oxygens (including phenoxy) is 1. The van der Waals surface area contributed by atoms with Gasteiger partial charge in [0.05, 0.1) is 31.3 Å². The van der Waals surface area contributed by atoms with E-state index in [2.05, 4.69) is 19.2 Å². The Bertz CT molecular complexity index is 1140. The summed E-state index contributed by atoms with van der Waals surface area (Å²) in [7, 11) is -4.50. The molecule has 8 nitrogen and oxygen atoms in total. The number of hydrogen-bond donors (Lipinski definition) is 3. The first-order chi connectivity index (χ1) is 20.9. The molecule has 43 heavy (non-hydrogen) atoms. The number of benzene rings is 3. The molecule has 234 valence electrons. The molecule has 3 N–H and O–H groups in total. The zero-order valence-corrected chi connectivity index (χ0v) is 26.2. The Balaban J connectivity index is 1.64.